The molecule has 8 N–H and O–H groups in total. The number of aromatic nitrogens is 3. The van der Waals surface area contributed by atoms with E-state index in [4.69, 9.17) is 10.8 Å². The number of benzene rings is 3. The molecule has 0 spiro atoms. The van der Waals surface area contributed by atoms with E-state index in [1.807, 2.05) is 48.3 Å². The smallest absolute Gasteiger partial charge is 0.411 e. The minimum Gasteiger partial charge on any atom is -0.477 e. The van der Waals surface area contributed by atoms with E-state index in [9.17, 15) is 41.8 Å². The number of carboxylic acid groups (broad SMARTS) is 1. The average molecular weight is 858 g/mol. The summed E-state index contributed by atoms with van der Waals surface area (Å²) in [6.45, 7) is 2.47. The van der Waals surface area contributed by atoms with Gasteiger partial charge >= 0.3 is 17.8 Å². The van der Waals surface area contributed by atoms with E-state index in [0.29, 0.717) is 43.7 Å². The molecule has 18 heteroatoms. The summed E-state index contributed by atoms with van der Waals surface area (Å²) in [6, 6.07) is 17.6. The van der Waals surface area contributed by atoms with Gasteiger partial charge in [-0.25, -0.2) is 4.79 Å². The zero-order chi connectivity index (χ0) is 42.5. The minimum absolute atomic E-state index is 0. The standard InChI is InChI=1S/C42H47F4N7O6.ClH/c1-23-20-29(37(56)48-31-15-17-32(54)18-16-31)12-19-33(23)26-6-2-24(3-7-26)21-34(50-36(55)28-8-4-25(22-47)5-9-28)38(57)49-30-13-10-27(11-14-30)35-51-39(53-52-35)41(43,44)42(45,46)40(58)59;/h2-3,6-7,10-14,19-20,25,28,31-32,34,54H,4-5,8-9,15-18,21-22,47H2,1H3,(H,48,56)(H,49,57)(H,50,55)(H,58,59)(H,51,52,53);1H/t25-,28-,31-,32-,34-;/m0./s1. The number of amides is 3. The van der Waals surface area contributed by atoms with Crippen molar-refractivity contribution >= 4 is 41.8 Å². The highest BCUT2D eigenvalue weighted by Gasteiger charge is 2.65. The zero-order valence-electron chi connectivity index (χ0n) is 32.7. The minimum atomic E-state index is -5.44. The second kappa shape index (κ2) is 19.3. The van der Waals surface area contributed by atoms with Crippen molar-refractivity contribution in [1.29, 1.82) is 0 Å². The van der Waals surface area contributed by atoms with Crippen molar-refractivity contribution < 1.29 is 47.0 Å². The van der Waals surface area contributed by atoms with Gasteiger partial charge in [0.2, 0.25) is 17.6 Å². The first kappa shape index (κ1) is 45.7. The first-order chi connectivity index (χ1) is 28.0. The molecule has 60 heavy (non-hydrogen) atoms. The van der Waals surface area contributed by atoms with Crippen molar-refractivity contribution in [3.8, 4) is 22.5 Å². The molecule has 0 unspecified atom stereocenters. The van der Waals surface area contributed by atoms with Crippen LogP contribution in [0.3, 0.4) is 0 Å². The fourth-order valence-corrected chi connectivity index (χ4v) is 7.59. The molecule has 322 valence electrons. The quantitative estimate of drug-likeness (QED) is 0.0725. The number of hydrogen-bond donors (Lipinski definition) is 7. The Morgan fingerprint density at radius 2 is 1.50 bits per heavy atom. The number of aliphatic hydroxyl groups is 1. The summed E-state index contributed by atoms with van der Waals surface area (Å²) >= 11 is 0. The Labute approximate surface area is 349 Å². The van der Waals surface area contributed by atoms with Gasteiger partial charge in [-0.3, -0.25) is 14.4 Å². The third-order valence-corrected chi connectivity index (χ3v) is 11.3. The summed E-state index contributed by atoms with van der Waals surface area (Å²) in [5.41, 5.74) is 10.2. The molecule has 4 aromatic rings. The maximum Gasteiger partial charge on any atom is 0.411 e. The van der Waals surface area contributed by atoms with Crippen molar-refractivity contribution in [2.24, 2.45) is 17.6 Å². The van der Waals surface area contributed by atoms with Crippen LogP contribution in [0.2, 0.25) is 0 Å². The first-order valence-electron chi connectivity index (χ1n) is 19.6. The number of aryl methyl sites for hydroxylation is 1. The molecule has 1 aromatic heterocycles. The van der Waals surface area contributed by atoms with Gasteiger partial charge in [0.1, 0.15) is 6.04 Å². The van der Waals surface area contributed by atoms with Crippen LogP contribution in [-0.4, -0.2) is 79.7 Å². The van der Waals surface area contributed by atoms with E-state index in [1.54, 1.807) is 6.07 Å². The molecule has 3 aromatic carbocycles. The van der Waals surface area contributed by atoms with Gasteiger partial charge in [-0.2, -0.15) is 17.6 Å². The summed E-state index contributed by atoms with van der Waals surface area (Å²) in [4.78, 5) is 52.9. The summed E-state index contributed by atoms with van der Waals surface area (Å²) in [5.74, 6) is -16.5. The molecule has 0 radical (unpaired) electrons. The van der Waals surface area contributed by atoms with E-state index >= 15 is 0 Å². The number of rotatable bonds is 14. The maximum atomic E-state index is 14.3. The van der Waals surface area contributed by atoms with Crippen LogP contribution in [0.4, 0.5) is 23.2 Å². The number of carbonyl (C=O) groups is 4. The maximum absolute atomic E-state index is 14.3. The van der Waals surface area contributed by atoms with Crippen molar-refractivity contribution in [3.05, 3.63) is 89.2 Å². The molecule has 2 saturated carbocycles. The monoisotopic (exact) mass is 857 g/mol. The van der Waals surface area contributed by atoms with E-state index in [1.165, 1.54) is 24.3 Å². The number of anilines is 1. The Kier molecular flexibility index (Phi) is 14.7. The predicted octanol–water partition coefficient (Wildman–Crippen LogP) is 6.15. The van der Waals surface area contributed by atoms with Crippen LogP contribution >= 0.6 is 12.4 Å². The summed E-state index contributed by atoms with van der Waals surface area (Å²) < 4.78 is 55.9. The molecular weight excluding hydrogens is 810 g/mol. The van der Waals surface area contributed by atoms with Gasteiger partial charge in [0.25, 0.3) is 5.91 Å². The zero-order valence-corrected chi connectivity index (χ0v) is 33.5. The number of H-pyrrole nitrogens is 1. The third kappa shape index (κ3) is 10.5. The lowest BCUT2D eigenvalue weighted by Crippen LogP contribution is -2.48. The number of aromatic amines is 1. The van der Waals surface area contributed by atoms with Crippen LogP contribution in [0.15, 0.2) is 66.7 Å². The van der Waals surface area contributed by atoms with Gasteiger partial charge in [0.05, 0.1) is 6.10 Å². The fourth-order valence-electron chi connectivity index (χ4n) is 7.59. The van der Waals surface area contributed by atoms with Gasteiger partial charge in [0, 0.05) is 35.2 Å². The number of carbonyl (C=O) groups excluding carboxylic acids is 3. The molecule has 1 heterocycles. The molecule has 0 saturated heterocycles. The number of nitrogens with zero attached hydrogens (tertiary/aromatic N) is 2. The van der Waals surface area contributed by atoms with Gasteiger partial charge < -0.3 is 36.9 Å². The number of halogens is 5. The van der Waals surface area contributed by atoms with Gasteiger partial charge in [-0.1, -0.05) is 30.3 Å². The molecule has 2 aliphatic carbocycles. The first-order valence-corrected chi connectivity index (χ1v) is 19.6. The Hall–Kier alpha value is -5.39. The summed E-state index contributed by atoms with van der Waals surface area (Å²) in [5, 5.41) is 33.6. The predicted molar refractivity (Wildman–Crippen MR) is 217 cm³/mol. The van der Waals surface area contributed by atoms with E-state index < -0.39 is 35.6 Å². The van der Waals surface area contributed by atoms with E-state index in [2.05, 4.69) is 26.1 Å². The van der Waals surface area contributed by atoms with Crippen LogP contribution in [0.25, 0.3) is 22.5 Å². The van der Waals surface area contributed by atoms with Crippen molar-refractivity contribution in [3.63, 3.8) is 0 Å². The number of nitrogens with one attached hydrogen (secondary N) is 4. The number of aliphatic carboxylic acids is 1. The molecule has 2 aliphatic rings. The molecule has 13 nitrogen and oxygen atoms in total. The molecule has 0 aliphatic heterocycles. The third-order valence-electron chi connectivity index (χ3n) is 11.3. The number of nitrogens with two attached hydrogens (primary N) is 1. The molecular formula is C42H48ClF4N7O6. The molecule has 0 bridgehead atoms. The SMILES string of the molecule is Cc1cc(C(=O)N[C@H]2CC[C@H](O)CC2)ccc1-c1ccc(C[C@H](NC(=O)[C@H]2CC[C@H](CN)CC2)C(=O)Nc2ccc(-c3nnc(C(F)(F)C(F)(F)C(=O)O)[nH]3)cc2)cc1.Cl. The van der Waals surface area contributed by atoms with Crippen LogP contribution in [0.5, 0.6) is 0 Å². The van der Waals surface area contributed by atoms with Crippen molar-refractivity contribution in [2.75, 3.05) is 11.9 Å². The Bertz CT molecular complexity index is 2140. The number of alkyl halides is 4. The lowest BCUT2D eigenvalue weighted by Gasteiger charge is -2.28. The average Bonchev–Trinajstić information content (AvgIpc) is 3.73. The fraction of sp³-hybridized carbons (Fsp3) is 0.429. The van der Waals surface area contributed by atoms with E-state index in [0.717, 1.165) is 47.9 Å². The number of aliphatic hydroxyl groups excluding tert-OH is 1. The topological polar surface area (TPSA) is 212 Å². The van der Waals surface area contributed by atoms with Gasteiger partial charge in [-0.15, -0.1) is 22.6 Å². The molecule has 2 fully saturated rings. The largest absolute Gasteiger partial charge is 0.477 e. The van der Waals surface area contributed by atoms with Crippen LogP contribution in [-0.2, 0) is 26.7 Å². The van der Waals surface area contributed by atoms with E-state index in [-0.39, 0.29) is 65.8 Å². The highest BCUT2D eigenvalue weighted by atomic mass is 35.5. The second-order valence-electron chi connectivity index (χ2n) is 15.5. The van der Waals surface area contributed by atoms with Crippen LogP contribution < -0.4 is 21.7 Å². The van der Waals surface area contributed by atoms with Gasteiger partial charge in [-0.05, 0) is 129 Å². The van der Waals surface area contributed by atoms with Crippen LogP contribution in [0.1, 0.15) is 78.7 Å². The number of carboxylic acids is 1. The molecule has 6 rings (SSSR count). The summed E-state index contributed by atoms with van der Waals surface area (Å²) in [7, 11) is 0. The number of hydrogen-bond acceptors (Lipinski definition) is 8. The Morgan fingerprint density at radius 1 is 0.867 bits per heavy atom. The lowest BCUT2D eigenvalue weighted by atomic mass is 9.81. The molecule has 1 atom stereocenters. The van der Waals surface area contributed by atoms with Gasteiger partial charge in [0.15, 0.2) is 5.82 Å². The van der Waals surface area contributed by atoms with Crippen LogP contribution in [0, 0.1) is 18.8 Å². The Morgan fingerprint density at radius 3 is 2.10 bits per heavy atom. The molecule has 3 amide bonds. The Balaban J connectivity index is 0.00000683. The highest BCUT2D eigenvalue weighted by molar-refractivity contribution is 5.98. The lowest BCUT2D eigenvalue weighted by molar-refractivity contribution is -0.231. The van der Waals surface area contributed by atoms with Crippen molar-refractivity contribution in [1.82, 2.24) is 25.8 Å². The second-order valence-corrected chi connectivity index (χ2v) is 15.5. The normalized spacial score (nSPS) is 20.0. The summed E-state index contributed by atoms with van der Waals surface area (Å²) in [6.07, 6.45) is 5.53. The van der Waals surface area contributed by atoms with Crippen molar-refractivity contribution in [2.45, 2.75) is 94.7 Å². The highest BCUT2D eigenvalue weighted by Crippen LogP contribution is 2.42.